The number of nitrogens with one attached hydrogen (secondary N) is 2. The van der Waals surface area contributed by atoms with E-state index in [4.69, 9.17) is 28.9 Å². The molecule has 0 unspecified atom stereocenters. The molecule has 0 radical (unpaired) electrons. The van der Waals surface area contributed by atoms with Gasteiger partial charge in [-0.15, -0.1) is 0 Å². The third kappa shape index (κ3) is 9.51. The number of sulfonamides is 1. The van der Waals surface area contributed by atoms with Crippen molar-refractivity contribution in [2.45, 2.75) is 81.9 Å². The molecule has 1 aliphatic carbocycles. The highest BCUT2D eigenvalue weighted by Crippen LogP contribution is 2.24. The van der Waals surface area contributed by atoms with Gasteiger partial charge in [-0.3, -0.25) is 9.69 Å². The zero-order chi connectivity index (χ0) is 26.2. The third-order valence-corrected chi connectivity index (χ3v) is 8.01. The van der Waals surface area contributed by atoms with Crippen LogP contribution in [0.5, 0.6) is 0 Å². The van der Waals surface area contributed by atoms with Crippen LogP contribution in [-0.4, -0.2) is 61.6 Å². The molecular weight excluding hydrogens is 515 g/mol. The summed E-state index contributed by atoms with van der Waals surface area (Å²) in [7, 11) is -3.94. The molecule has 1 saturated carbocycles. The van der Waals surface area contributed by atoms with Gasteiger partial charge < -0.3 is 16.2 Å². The van der Waals surface area contributed by atoms with Crippen LogP contribution in [0.25, 0.3) is 0 Å². The Morgan fingerprint density at radius 1 is 1.20 bits per heavy atom. The van der Waals surface area contributed by atoms with Crippen LogP contribution < -0.4 is 15.8 Å². The van der Waals surface area contributed by atoms with Crippen molar-refractivity contribution in [3.8, 4) is 0 Å². The maximum Gasteiger partial charge on any atom is 0.324 e. The zero-order valence-corrected chi connectivity index (χ0v) is 22.5. The first-order valence-electron chi connectivity index (χ1n) is 11.9. The van der Waals surface area contributed by atoms with Gasteiger partial charge in [0, 0.05) is 17.6 Å². The number of hydrogen-bond acceptors (Lipinski definition) is 6. The average molecular weight is 552 g/mol. The van der Waals surface area contributed by atoms with Gasteiger partial charge in [0.2, 0.25) is 15.9 Å². The van der Waals surface area contributed by atoms with E-state index in [1.165, 1.54) is 18.2 Å². The molecule has 12 heteroatoms. The molecule has 198 valence electrons. The second-order valence-corrected chi connectivity index (χ2v) is 12.0. The highest BCUT2D eigenvalue weighted by atomic mass is 35.5. The average Bonchev–Trinajstić information content (AvgIpc) is 2.76. The highest BCUT2D eigenvalue weighted by Gasteiger charge is 2.30. The number of aliphatic hydroxyl groups is 1. The number of rotatable bonds is 11. The smallest absolute Gasteiger partial charge is 0.324 e. The summed E-state index contributed by atoms with van der Waals surface area (Å²) < 4.78 is 27.4. The number of carbonyl (C=O) groups excluding carboxylic acids is 2. The molecule has 0 aliphatic heterocycles. The monoisotopic (exact) mass is 550 g/mol. The normalized spacial score (nSPS) is 16.7. The molecule has 0 spiro atoms. The minimum atomic E-state index is -3.94. The fourth-order valence-corrected chi connectivity index (χ4v) is 5.83. The molecule has 0 heterocycles. The molecule has 5 N–H and O–H groups in total. The van der Waals surface area contributed by atoms with Gasteiger partial charge in [-0.2, -0.15) is 0 Å². The molecule has 0 aromatic heterocycles. The van der Waals surface area contributed by atoms with Crippen molar-refractivity contribution in [2.75, 3.05) is 13.1 Å². The second kappa shape index (κ2) is 13.8. The number of carbonyl (C=O) groups is 2. The largest absolute Gasteiger partial charge is 0.391 e. The summed E-state index contributed by atoms with van der Waals surface area (Å²) in [5.74, 6) is -0.421. The number of nitrogens with two attached hydrogens (primary N) is 1. The maximum absolute atomic E-state index is 13.0. The lowest BCUT2D eigenvalue weighted by atomic mass is 9.96. The molecule has 1 aromatic carbocycles. The van der Waals surface area contributed by atoms with E-state index in [2.05, 4.69) is 10.0 Å². The van der Waals surface area contributed by atoms with Crippen LogP contribution in [0.3, 0.4) is 0 Å². The minimum Gasteiger partial charge on any atom is -0.391 e. The molecule has 1 fully saturated rings. The Kier molecular flexibility index (Phi) is 11.7. The first-order valence-corrected chi connectivity index (χ1v) is 14.1. The van der Waals surface area contributed by atoms with Crippen molar-refractivity contribution in [1.29, 1.82) is 0 Å². The van der Waals surface area contributed by atoms with E-state index in [0.717, 1.165) is 37.0 Å². The predicted molar refractivity (Wildman–Crippen MR) is 137 cm³/mol. The van der Waals surface area contributed by atoms with Crippen molar-refractivity contribution >= 4 is 45.2 Å². The van der Waals surface area contributed by atoms with Gasteiger partial charge in [0.25, 0.3) is 0 Å². The standard InChI is InChI=1S/C23H36Cl2N4O5S/c1-15(2)12-20(26)22(31)29(23(32)28-17-6-4-3-5-7-17)14-18(30)10-11-27-35(33,34)21-9-8-16(24)13-19(21)25/h8-9,13,15,17-18,20,27,30H,3-7,10-12,14,26H2,1-2H3,(H,28,32)/t18-,20-/m0/s1. The van der Waals surface area contributed by atoms with Gasteiger partial charge in [-0.25, -0.2) is 17.9 Å². The third-order valence-electron chi connectivity index (χ3n) is 5.83. The zero-order valence-electron chi connectivity index (χ0n) is 20.2. The second-order valence-electron chi connectivity index (χ2n) is 9.38. The van der Waals surface area contributed by atoms with Crippen molar-refractivity contribution in [1.82, 2.24) is 14.9 Å². The lowest BCUT2D eigenvalue weighted by molar-refractivity contribution is -0.131. The highest BCUT2D eigenvalue weighted by molar-refractivity contribution is 7.89. The van der Waals surface area contributed by atoms with Crippen molar-refractivity contribution in [3.05, 3.63) is 28.2 Å². The van der Waals surface area contributed by atoms with E-state index in [0.29, 0.717) is 11.4 Å². The maximum atomic E-state index is 13.0. The van der Waals surface area contributed by atoms with E-state index in [-0.39, 0.29) is 41.4 Å². The summed E-state index contributed by atoms with van der Waals surface area (Å²) in [6.45, 7) is 3.42. The Hall–Kier alpha value is -1.43. The summed E-state index contributed by atoms with van der Waals surface area (Å²) in [6.07, 6.45) is 3.99. The SMILES string of the molecule is CC(C)C[C@H](N)C(=O)N(C[C@@H](O)CCNS(=O)(=O)c1ccc(Cl)cc1Cl)C(=O)NC1CCCCC1. The summed E-state index contributed by atoms with van der Waals surface area (Å²) in [4.78, 5) is 26.7. The predicted octanol–water partition coefficient (Wildman–Crippen LogP) is 3.27. The van der Waals surface area contributed by atoms with E-state index < -0.39 is 34.1 Å². The summed E-state index contributed by atoms with van der Waals surface area (Å²) >= 11 is 11.8. The van der Waals surface area contributed by atoms with Gasteiger partial charge in [0.1, 0.15) is 4.90 Å². The van der Waals surface area contributed by atoms with Crippen molar-refractivity contribution in [3.63, 3.8) is 0 Å². The van der Waals surface area contributed by atoms with Gasteiger partial charge in [-0.05, 0) is 49.8 Å². The van der Waals surface area contributed by atoms with Crippen LogP contribution in [0.4, 0.5) is 4.79 Å². The Labute approximate surface area is 217 Å². The topological polar surface area (TPSA) is 142 Å². The Balaban J connectivity index is 2.01. The Morgan fingerprint density at radius 3 is 2.46 bits per heavy atom. The summed E-state index contributed by atoms with van der Waals surface area (Å²) in [5.41, 5.74) is 6.05. The molecule has 1 aliphatic rings. The number of amides is 3. The molecule has 35 heavy (non-hydrogen) atoms. The molecule has 0 saturated heterocycles. The van der Waals surface area contributed by atoms with Crippen LogP contribution in [-0.2, 0) is 14.8 Å². The Morgan fingerprint density at radius 2 is 1.86 bits per heavy atom. The molecular formula is C23H36Cl2N4O5S. The van der Waals surface area contributed by atoms with Gasteiger partial charge in [0.15, 0.2) is 0 Å². The fraction of sp³-hybridized carbons (Fsp3) is 0.652. The minimum absolute atomic E-state index is 0.0269. The number of benzene rings is 1. The van der Waals surface area contributed by atoms with Crippen molar-refractivity contribution < 1.29 is 23.1 Å². The lowest BCUT2D eigenvalue weighted by Crippen LogP contribution is -2.55. The lowest BCUT2D eigenvalue weighted by Gasteiger charge is -2.30. The van der Waals surface area contributed by atoms with E-state index in [9.17, 15) is 23.1 Å². The van der Waals surface area contributed by atoms with E-state index >= 15 is 0 Å². The van der Waals surface area contributed by atoms with Crippen molar-refractivity contribution in [2.24, 2.45) is 11.7 Å². The summed E-state index contributed by atoms with van der Waals surface area (Å²) in [5, 5.41) is 13.7. The molecule has 2 atom stereocenters. The number of hydrogen-bond donors (Lipinski definition) is 4. The number of aliphatic hydroxyl groups excluding tert-OH is 1. The number of urea groups is 1. The quantitative estimate of drug-likeness (QED) is 0.333. The van der Waals surface area contributed by atoms with E-state index in [1.807, 2.05) is 13.8 Å². The van der Waals surface area contributed by atoms with Gasteiger partial charge in [-0.1, -0.05) is 56.3 Å². The fourth-order valence-electron chi connectivity index (χ4n) is 4.01. The van der Waals surface area contributed by atoms with Crippen LogP contribution in [0.1, 0.15) is 58.8 Å². The number of imide groups is 1. The van der Waals surface area contributed by atoms with E-state index in [1.54, 1.807) is 0 Å². The summed E-state index contributed by atoms with van der Waals surface area (Å²) in [6, 6.07) is 2.52. The Bertz CT molecular complexity index is 971. The number of halogens is 2. The molecule has 3 amide bonds. The molecule has 2 rings (SSSR count). The molecule has 0 bridgehead atoms. The first kappa shape index (κ1) is 29.8. The first-order chi connectivity index (χ1) is 16.4. The number of nitrogens with zero attached hydrogens (tertiary/aromatic N) is 1. The van der Waals surface area contributed by atoms with Crippen LogP contribution >= 0.6 is 23.2 Å². The molecule has 1 aromatic rings. The van der Waals surface area contributed by atoms with Crippen LogP contribution in [0.2, 0.25) is 10.0 Å². The van der Waals surface area contributed by atoms with Gasteiger partial charge >= 0.3 is 6.03 Å². The van der Waals surface area contributed by atoms with Crippen LogP contribution in [0, 0.1) is 5.92 Å². The van der Waals surface area contributed by atoms with Gasteiger partial charge in [0.05, 0.1) is 23.7 Å². The van der Waals surface area contributed by atoms with Crippen LogP contribution in [0.15, 0.2) is 23.1 Å². The molecule has 9 nitrogen and oxygen atoms in total.